The number of ether oxygens (including phenoxy) is 1. The topological polar surface area (TPSA) is 123 Å². The minimum absolute atomic E-state index is 0.0192. The van der Waals surface area contributed by atoms with Gasteiger partial charge in [0.2, 0.25) is 5.91 Å². The van der Waals surface area contributed by atoms with Crippen molar-refractivity contribution in [3.63, 3.8) is 0 Å². The summed E-state index contributed by atoms with van der Waals surface area (Å²) in [6.07, 6.45) is 1.48. The molecule has 1 amide bonds. The van der Waals surface area contributed by atoms with E-state index < -0.39 is 11.9 Å². The molecule has 1 rings (SSSR count). The molecule has 9 heteroatoms. The van der Waals surface area contributed by atoms with E-state index in [2.05, 4.69) is 15.6 Å². The molecule has 1 aromatic rings. The maximum Gasteiger partial charge on any atom is 0.325 e. The second-order valence-electron chi connectivity index (χ2n) is 3.88. The maximum absolute atomic E-state index is 11.4. The number of carboxylic acids is 1. The molecule has 1 heterocycles. The highest BCUT2D eigenvalue weighted by Gasteiger charge is 2.09. The minimum atomic E-state index is -1.03. The van der Waals surface area contributed by atoms with E-state index in [0.717, 1.165) is 4.68 Å². The van der Waals surface area contributed by atoms with Crippen LogP contribution in [0.1, 0.15) is 25.5 Å². The highest BCUT2D eigenvalue weighted by atomic mass is 16.5. The molecule has 20 heavy (non-hydrogen) atoms. The molecular formula is C11H16N4O5. The average Bonchev–Trinajstić information content (AvgIpc) is 2.81. The van der Waals surface area contributed by atoms with Gasteiger partial charge >= 0.3 is 11.9 Å². The predicted octanol–water partition coefficient (Wildman–Crippen LogP) is -0.678. The summed E-state index contributed by atoms with van der Waals surface area (Å²) in [7, 11) is 0. The van der Waals surface area contributed by atoms with Crippen LogP contribution in [-0.4, -0.2) is 44.6 Å². The van der Waals surface area contributed by atoms with Gasteiger partial charge in [-0.1, -0.05) is 5.21 Å². The molecule has 0 aliphatic rings. The van der Waals surface area contributed by atoms with Crippen LogP contribution in [-0.2, 0) is 32.2 Å². The van der Waals surface area contributed by atoms with Gasteiger partial charge in [-0.05, 0) is 6.92 Å². The fourth-order valence-electron chi connectivity index (χ4n) is 1.36. The Balaban J connectivity index is 2.28. The van der Waals surface area contributed by atoms with Crippen LogP contribution in [0.4, 0.5) is 0 Å². The molecule has 2 N–H and O–H groups in total. The molecule has 9 nitrogen and oxygen atoms in total. The van der Waals surface area contributed by atoms with Gasteiger partial charge in [0.1, 0.15) is 12.2 Å². The second-order valence-corrected chi connectivity index (χ2v) is 3.88. The van der Waals surface area contributed by atoms with Crippen molar-refractivity contribution in [3.8, 4) is 0 Å². The van der Waals surface area contributed by atoms with Crippen LogP contribution < -0.4 is 5.32 Å². The lowest BCUT2D eigenvalue weighted by atomic mass is 10.3. The molecule has 110 valence electrons. The van der Waals surface area contributed by atoms with Crippen LogP contribution in [0.3, 0.4) is 0 Å². The van der Waals surface area contributed by atoms with Gasteiger partial charge in [0.25, 0.3) is 0 Å². The van der Waals surface area contributed by atoms with Gasteiger partial charge in [-0.15, -0.1) is 5.10 Å². The summed E-state index contributed by atoms with van der Waals surface area (Å²) in [6.45, 7) is 1.82. The molecule has 0 radical (unpaired) electrons. The highest BCUT2D eigenvalue weighted by Crippen LogP contribution is 1.96. The van der Waals surface area contributed by atoms with Crippen LogP contribution in [0.2, 0.25) is 0 Å². The number of esters is 1. The zero-order valence-electron chi connectivity index (χ0n) is 11.0. The Hall–Kier alpha value is -2.45. The van der Waals surface area contributed by atoms with Crippen molar-refractivity contribution >= 4 is 17.8 Å². The van der Waals surface area contributed by atoms with E-state index >= 15 is 0 Å². The third kappa shape index (κ3) is 5.94. The van der Waals surface area contributed by atoms with Gasteiger partial charge < -0.3 is 15.2 Å². The predicted molar refractivity (Wildman–Crippen MR) is 65.4 cm³/mol. The lowest BCUT2D eigenvalue weighted by Crippen LogP contribution is -2.23. The fraction of sp³-hybridized carbons (Fsp3) is 0.545. The summed E-state index contributed by atoms with van der Waals surface area (Å²) >= 11 is 0. The number of hydrogen-bond acceptors (Lipinski definition) is 6. The van der Waals surface area contributed by atoms with Crippen LogP contribution in [0.5, 0.6) is 0 Å². The molecular weight excluding hydrogens is 268 g/mol. The number of nitrogens with one attached hydrogen (secondary N) is 1. The van der Waals surface area contributed by atoms with E-state index in [1.54, 1.807) is 6.92 Å². The van der Waals surface area contributed by atoms with Crippen LogP contribution >= 0.6 is 0 Å². The second kappa shape index (κ2) is 7.87. The number of carbonyl (C=O) groups is 3. The zero-order chi connectivity index (χ0) is 15.0. The molecule has 0 saturated carbocycles. The fourth-order valence-corrected chi connectivity index (χ4v) is 1.36. The molecule has 0 aliphatic carbocycles. The van der Waals surface area contributed by atoms with Gasteiger partial charge in [-0.3, -0.25) is 14.4 Å². The summed E-state index contributed by atoms with van der Waals surface area (Å²) < 4.78 is 5.85. The molecule has 0 bridgehead atoms. The Kier molecular flexibility index (Phi) is 6.14. The standard InChI is InChI=1S/C11H16N4O5/c1-2-20-11(19)4-3-9(16)12-5-8-6-15(14-13-8)7-10(17)18/h6H,2-5,7H2,1H3,(H,12,16)(H,17,18). The number of amides is 1. The summed E-state index contributed by atoms with van der Waals surface area (Å²) in [6, 6.07) is 0. The van der Waals surface area contributed by atoms with E-state index in [1.165, 1.54) is 6.20 Å². The number of aromatic nitrogens is 3. The van der Waals surface area contributed by atoms with E-state index in [1.807, 2.05) is 0 Å². The van der Waals surface area contributed by atoms with E-state index in [4.69, 9.17) is 9.84 Å². The van der Waals surface area contributed by atoms with Crippen molar-refractivity contribution in [2.24, 2.45) is 0 Å². The number of aliphatic carboxylic acids is 1. The van der Waals surface area contributed by atoms with Gasteiger partial charge in [0.05, 0.1) is 25.8 Å². The number of carboxylic acid groups (broad SMARTS) is 1. The smallest absolute Gasteiger partial charge is 0.325 e. The molecule has 0 aromatic carbocycles. The first-order valence-corrected chi connectivity index (χ1v) is 6.04. The minimum Gasteiger partial charge on any atom is -0.480 e. The maximum atomic E-state index is 11.4. The Labute approximate surface area is 114 Å². The third-order valence-corrected chi connectivity index (χ3v) is 2.21. The van der Waals surface area contributed by atoms with E-state index in [0.29, 0.717) is 5.69 Å². The Morgan fingerprint density at radius 3 is 2.80 bits per heavy atom. The largest absolute Gasteiger partial charge is 0.480 e. The van der Waals surface area contributed by atoms with Crippen molar-refractivity contribution in [3.05, 3.63) is 11.9 Å². The first-order valence-electron chi connectivity index (χ1n) is 6.04. The number of hydrogen-bond donors (Lipinski definition) is 2. The first-order chi connectivity index (χ1) is 9.51. The van der Waals surface area contributed by atoms with Crippen molar-refractivity contribution < 1.29 is 24.2 Å². The molecule has 0 spiro atoms. The quantitative estimate of drug-likeness (QED) is 0.606. The number of rotatable bonds is 8. The summed E-state index contributed by atoms with van der Waals surface area (Å²) in [4.78, 5) is 32.9. The number of nitrogens with zero attached hydrogens (tertiary/aromatic N) is 3. The van der Waals surface area contributed by atoms with Gasteiger partial charge in [0.15, 0.2) is 0 Å². The Morgan fingerprint density at radius 2 is 2.15 bits per heavy atom. The monoisotopic (exact) mass is 284 g/mol. The molecule has 0 fully saturated rings. The normalized spacial score (nSPS) is 10.1. The van der Waals surface area contributed by atoms with E-state index in [9.17, 15) is 14.4 Å². The lowest BCUT2D eigenvalue weighted by molar-refractivity contribution is -0.144. The third-order valence-electron chi connectivity index (χ3n) is 2.21. The molecule has 0 atom stereocenters. The first kappa shape index (κ1) is 15.6. The molecule has 0 unspecified atom stereocenters. The van der Waals surface area contributed by atoms with Crippen LogP contribution in [0, 0.1) is 0 Å². The average molecular weight is 284 g/mol. The van der Waals surface area contributed by atoms with Crippen molar-refractivity contribution in [2.45, 2.75) is 32.9 Å². The van der Waals surface area contributed by atoms with E-state index in [-0.39, 0.29) is 38.4 Å². The Morgan fingerprint density at radius 1 is 1.40 bits per heavy atom. The zero-order valence-corrected chi connectivity index (χ0v) is 11.0. The molecule has 0 saturated heterocycles. The lowest BCUT2D eigenvalue weighted by Gasteiger charge is -2.03. The van der Waals surface area contributed by atoms with Crippen molar-refractivity contribution in [2.75, 3.05) is 6.61 Å². The SMILES string of the molecule is CCOC(=O)CCC(=O)NCc1cn(CC(=O)O)nn1. The van der Waals surface area contributed by atoms with Crippen molar-refractivity contribution in [1.29, 1.82) is 0 Å². The van der Waals surface area contributed by atoms with Gasteiger partial charge in [0, 0.05) is 6.42 Å². The van der Waals surface area contributed by atoms with Crippen LogP contribution in [0.15, 0.2) is 6.20 Å². The number of carbonyl (C=O) groups excluding carboxylic acids is 2. The summed E-state index contributed by atoms with van der Waals surface area (Å²) in [5.74, 6) is -1.76. The Bertz CT molecular complexity index is 485. The molecule has 0 aliphatic heterocycles. The van der Waals surface area contributed by atoms with Crippen molar-refractivity contribution in [1.82, 2.24) is 20.3 Å². The highest BCUT2D eigenvalue weighted by molar-refractivity contribution is 5.81. The molecule has 1 aromatic heterocycles. The van der Waals surface area contributed by atoms with Gasteiger partial charge in [-0.25, -0.2) is 4.68 Å². The summed E-state index contributed by atoms with van der Waals surface area (Å²) in [5.41, 5.74) is 0.440. The van der Waals surface area contributed by atoms with Gasteiger partial charge in [-0.2, -0.15) is 0 Å². The van der Waals surface area contributed by atoms with Crippen LogP contribution in [0.25, 0.3) is 0 Å². The summed E-state index contributed by atoms with van der Waals surface area (Å²) in [5, 5.41) is 18.4.